The Labute approximate surface area is 130 Å². The summed E-state index contributed by atoms with van der Waals surface area (Å²) in [7, 11) is 0. The lowest BCUT2D eigenvalue weighted by Crippen LogP contribution is -2.21. The number of halogens is 4. The van der Waals surface area contributed by atoms with Crippen molar-refractivity contribution in [3.8, 4) is 0 Å². The van der Waals surface area contributed by atoms with Gasteiger partial charge in [0.2, 0.25) is 0 Å². The molecule has 0 heterocycles. The van der Waals surface area contributed by atoms with Crippen molar-refractivity contribution < 1.29 is 17.6 Å². The molecule has 22 heavy (non-hydrogen) atoms. The summed E-state index contributed by atoms with van der Waals surface area (Å²) >= 11 is 4.99. The number of hydrogen-bond acceptors (Lipinski definition) is 1. The molecule has 2 aromatic carbocycles. The zero-order valence-corrected chi connectivity index (χ0v) is 12.3. The molecular formula is C15H12F4N2S. The molecule has 0 atom stereocenters. The molecule has 2 N–H and O–H groups in total. The zero-order valence-electron chi connectivity index (χ0n) is 11.5. The highest BCUT2D eigenvalue weighted by Crippen LogP contribution is 2.34. The Hall–Kier alpha value is -2.15. The summed E-state index contributed by atoms with van der Waals surface area (Å²) in [5.74, 6) is -0.369. The fraction of sp³-hybridized carbons (Fsp3) is 0.133. The molecule has 2 rings (SSSR count). The molecule has 116 valence electrons. The number of hydrogen-bond donors (Lipinski definition) is 2. The van der Waals surface area contributed by atoms with E-state index in [1.807, 2.05) is 0 Å². The van der Waals surface area contributed by atoms with Crippen LogP contribution >= 0.6 is 12.2 Å². The van der Waals surface area contributed by atoms with E-state index >= 15 is 0 Å². The molecule has 2 aromatic rings. The van der Waals surface area contributed by atoms with Crippen LogP contribution < -0.4 is 10.6 Å². The number of nitrogens with one attached hydrogen (secondary N) is 2. The van der Waals surface area contributed by atoms with Gasteiger partial charge in [-0.2, -0.15) is 13.2 Å². The molecule has 0 aromatic heterocycles. The smallest absolute Gasteiger partial charge is 0.332 e. The largest absolute Gasteiger partial charge is 0.418 e. The first-order chi connectivity index (χ1) is 10.3. The highest BCUT2D eigenvalue weighted by molar-refractivity contribution is 7.80. The van der Waals surface area contributed by atoms with Crippen LogP contribution in [0.15, 0.2) is 42.5 Å². The molecule has 0 radical (unpaired) electrons. The Morgan fingerprint density at radius 3 is 2.36 bits per heavy atom. The number of benzene rings is 2. The molecule has 0 fully saturated rings. The molecule has 0 saturated carbocycles. The van der Waals surface area contributed by atoms with Crippen molar-refractivity contribution >= 4 is 28.7 Å². The van der Waals surface area contributed by atoms with Gasteiger partial charge in [-0.3, -0.25) is 0 Å². The summed E-state index contributed by atoms with van der Waals surface area (Å²) in [6.45, 7) is 1.58. The van der Waals surface area contributed by atoms with Crippen LogP contribution in [0.25, 0.3) is 0 Å². The summed E-state index contributed by atoms with van der Waals surface area (Å²) in [4.78, 5) is 0. The first kappa shape index (κ1) is 16.2. The molecule has 0 amide bonds. The number of alkyl halides is 3. The van der Waals surface area contributed by atoms with E-state index in [1.165, 1.54) is 36.4 Å². The Bertz CT molecular complexity index is 698. The van der Waals surface area contributed by atoms with Crippen molar-refractivity contribution in [2.45, 2.75) is 13.1 Å². The number of aryl methyl sites for hydroxylation is 1. The summed E-state index contributed by atoms with van der Waals surface area (Å²) in [5, 5.41) is 5.22. The Morgan fingerprint density at radius 1 is 1.05 bits per heavy atom. The highest BCUT2D eigenvalue weighted by Gasteiger charge is 2.33. The van der Waals surface area contributed by atoms with E-state index in [0.29, 0.717) is 11.3 Å². The van der Waals surface area contributed by atoms with Gasteiger partial charge in [0, 0.05) is 5.69 Å². The van der Waals surface area contributed by atoms with Gasteiger partial charge < -0.3 is 10.6 Å². The molecule has 0 spiro atoms. The van der Waals surface area contributed by atoms with Gasteiger partial charge in [0.05, 0.1) is 11.3 Å². The van der Waals surface area contributed by atoms with Crippen LogP contribution in [0.1, 0.15) is 11.1 Å². The second kappa shape index (κ2) is 6.31. The maximum atomic E-state index is 13.2. The molecule has 0 unspecified atom stereocenters. The van der Waals surface area contributed by atoms with Crippen molar-refractivity contribution in [1.82, 2.24) is 0 Å². The zero-order chi connectivity index (χ0) is 16.3. The summed E-state index contributed by atoms with van der Waals surface area (Å²) in [6, 6.07) is 9.24. The van der Waals surface area contributed by atoms with Crippen LogP contribution in [-0.2, 0) is 6.18 Å². The van der Waals surface area contributed by atoms with Crippen molar-refractivity contribution in [3.63, 3.8) is 0 Å². The van der Waals surface area contributed by atoms with Crippen LogP contribution in [0.3, 0.4) is 0 Å². The molecule has 0 aliphatic carbocycles. The highest BCUT2D eigenvalue weighted by atomic mass is 32.1. The van der Waals surface area contributed by atoms with Crippen LogP contribution in [0.2, 0.25) is 0 Å². The molecule has 0 saturated heterocycles. The molecule has 7 heteroatoms. The minimum Gasteiger partial charge on any atom is -0.332 e. The van der Waals surface area contributed by atoms with E-state index in [2.05, 4.69) is 10.6 Å². The molecular weight excluding hydrogens is 316 g/mol. The van der Waals surface area contributed by atoms with E-state index in [0.717, 1.165) is 6.07 Å². The predicted octanol–water partition coefficient (Wildman–Crippen LogP) is 4.96. The van der Waals surface area contributed by atoms with Gasteiger partial charge in [-0.15, -0.1) is 0 Å². The SMILES string of the molecule is Cc1cc(NC(=S)Nc2ccccc2C(F)(F)F)ccc1F. The van der Waals surface area contributed by atoms with Gasteiger partial charge in [0.1, 0.15) is 5.82 Å². The summed E-state index contributed by atoms with van der Waals surface area (Å²) < 4.78 is 51.8. The van der Waals surface area contributed by atoms with Gasteiger partial charge in [-0.05, 0) is 55.0 Å². The number of rotatable bonds is 2. The molecule has 2 nitrogen and oxygen atoms in total. The van der Waals surface area contributed by atoms with Gasteiger partial charge in [0.15, 0.2) is 5.11 Å². The molecule has 0 aliphatic heterocycles. The predicted molar refractivity (Wildman–Crippen MR) is 82.4 cm³/mol. The second-order valence-corrected chi connectivity index (χ2v) is 4.99. The quantitative estimate of drug-likeness (QED) is 0.602. The number of anilines is 2. The molecule has 0 aliphatic rings. The Balaban J connectivity index is 2.14. The fourth-order valence-electron chi connectivity index (χ4n) is 1.85. The first-order valence-electron chi connectivity index (χ1n) is 6.28. The van der Waals surface area contributed by atoms with Crippen LogP contribution in [0.5, 0.6) is 0 Å². The van der Waals surface area contributed by atoms with Crippen molar-refractivity contribution in [2.24, 2.45) is 0 Å². The van der Waals surface area contributed by atoms with Gasteiger partial charge in [-0.1, -0.05) is 12.1 Å². The lowest BCUT2D eigenvalue weighted by molar-refractivity contribution is -0.136. The topological polar surface area (TPSA) is 24.1 Å². The average Bonchev–Trinajstić information content (AvgIpc) is 2.42. The van der Waals surface area contributed by atoms with E-state index in [4.69, 9.17) is 12.2 Å². The number of thiocarbonyl (C=S) groups is 1. The van der Waals surface area contributed by atoms with E-state index in [9.17, 15) is 17.6 Å². The maximum absolute atomic E-state index is 13.2. The van der Waals surface area contributed by atoms with E-state index in [1.54, 1.807) is 6.92 Å². The van der Waals surface area contributed by atoms with Crippen LogP contribution in [0.4, 0.5) is 28.9 Å². The minimum atomic E-state index is -4.48. The third-order valence-corrected chi connectivity index (χ3v) is 3.10. The Morgan fingerprint density at radius 2 is 1.73 bits per heavy atom. The average molecular weight is 328 g/mol. The van der Waals surface area contributed by atoms with Crippen molar-refractivity contribution in [1.29, 1.82) is 0 Å². The first-order valence-corrected chi connectivity index (χ1v) is 6.68. The fourth-order valence-corrected chi connectivity index (χ4v) is 2.07. The Kier molecular flexibility index (Phi) is 4.65. The second-order valence-electron chi connectivity index (χ2n) is 4.59. The van der Waals surface area contributed by atoms with Crippen molar-refractivity contribution in [2.75, 3.05) is 10.6 Å². The maximum Gasteiger partial charge on any atom is 0.418 e. The monoisotopic (exact) mass is 328 g/mol. The van der Waals surface area contributed by atoms with E-state index < -0.39 is 11.7 Å². The lowest BCUT2D eigenvalue weighted by Gasteiger charge is -2.16. The lowest BCUT2D eigenvalue weighted by atomic mass is 10.1. The third-order valence-electron chi connectivity index (χ3n) is 2.90. The normalized spacial score (nSPS) is 11.1. The van der Waals surface area contributed by atoms with Crippen LogP contribution in [-0.4, -0.2) is 5.11 Å². The third kappa shape index (κ3) is 3.94. The van der Waals surface area contributed by atoms with Crippen molar-refractivity contribution in [3.05, 3.63) is 59.4 Å². The summed E-state index contributed by atoms with van der Waals surface area (Å²) in [5.41, 5.74) is -0.0647. The summed E-state index contributed by atoms with van der Waals surface area (Å²) in [6.07, 6.45) is -4.48. The van der Waals surface area contributed by atoms with E-state index in [-0.39, 0.29) is 16.6 Å². The number of para-hydroxylation sites is 1. The van der Waals surface area contributed by atoms with Gasteiger partial charge in [0.25, 0.3) is 0 Å². The van der Waals surface area contributed by atoms with Gasteiger partial charge in [-0.25, -0.2) is 4.39 Å². The minimum absolute atomic E-state index is 0.0114. The standard InChI is InChI=1S/C15H12F4N2S/c1-9-8-10(6-7-12(9)16)20-14(22)21-13-5-3-2-4-11(13)15(17,18)19/h2-8H,1H3,(H2,20,21,22). The molecule has 0 bridgehead atoms. The van der Waals surface area contributed by atoms with Gasteiger partial charge >= 0.3 is 6.18 Å². The van der Waals surface area contributed by atoms with Crippen LogP contribution in [0, 0.1) is 12.7 Å².